The largest absolute Gasteiger partial charge is 0.357 e. The first-order valence-corrected chi connectivity index (χ1v) is 8.61. The van der Waals surface area contributed by atoms with Crippen molar-refractivity contribution in [2.24, 2.45) is 0 Å². The normalized spacial score (nSPS) is 10.5. The van der Waals surface area contributed by atoms with E-state index in [2.05, 4.69) is 29.8 Å². The lowest BCUT2D eigenvalue weighted by Gasteiger charge is -2.20. The predicted molar refractivity (Wildman–Crippen MR) is 99.0 cm³/mol. The molecule has 0 aliphatic carbocycles. The van der Waals surface area contributed by atoms with Gasteiger partial charge in [-0.1, -0.05) is 30.3 Å². The number of hydrogen-bond acceptors (Lipinski definition) is 3. The molecule has 0 saturated carbocycles. The summed E-state index contributed by atoms with van der Waals surface area (Å²) < 4.78 is 0. The number of anilines is 1. The van der Waals surface area contributed by atoms with Crippen molar-refractivity contribution in [2.75, 3.05) is 25.0 Å². The Balaban J connectivity index is 1.90. The lowest BCUT2D eigenvalue weighted by molar-refractivity contribution is -0.130. The summed E-state index contributed by atoms with van der Waals surface area (Å²) in [4.78, 5) is 20.8. The van der Waals surface area contributed by atoms with Crippen LogP contribution in [-0.2, 0) is 17.8 Å². The topological polar surface area (TPSA) is 36.4 Å². The Hall–Kier alpha value is -2.36. The quantitative estimate of drug-likeness (QED) is 0.745. The third-order valence-electron chi connectivity index (χ3n) is 4.21. The van der Waals surface area contributed by atoms with Crippen molar-refractivity contribution < 1.29 is 4.79 Å². The first kappa shape index (κ1) is 18.0. The minimum atomic E-state index is 0.167. The number of carbonyl (C=O) groups is 1. The van der Waals surface area contributed by atoms with Gasteiger partial charge in [-0.15, -0.1) is 0 Å². The lowest BCUT2D eigenvalue weighted by Crippen LogP contribution is -2.26. The molecule has 0 fully saturated rings. The first-order valence-electron chi connectivity index (χ1n) is 8.61. The molecular formula is C20H27N3O. The molecule has 4 nitrogen and oxygen atoms in total. The van der Waals surface area contributed by atoms with Gasteiger partial charge in [-0.3, -0.25) is 4.79 Å². The number of rotatable bonds is 8. The van der Waals surface area contributed by atoms with Gasteiger partial charge < -0.3 is 9.80 Å². The molecule has 128 valence electrons. The third kappa shape index (κ3) is 5.08. The van der Waals surface area contributed by atoms with Crippen molar-refractivity contribution >= 4 is 11.7 Å². The van der Waals surface area contributed by atoms with Crippen LogP contribution in [0, 0.1) is 0 Å². The zero-order chi connectivity index (χ0) is 17.4. The summed E-state index contributed by atoms with van der Waals surface area (Å²) in [7, 11) is 1.86. The summed E-state index contributed by atoms with van der Waals surface area (Å²) in [6, 6.07) is 14.2. The van der Waals surface area contributed by atoms with Crippen molar-refractivity contribution in [1.29, 1.82) is 0 Å². The van der Waals surface area contributed by atoms with Gasteiger partial charge in [-0.05, 0) is 43.5 Å². The molecule has 24 heavy (non-hydrogen) atoms. The van der Waals surface area contributed by atoms with Crippen LogP contribution in [0.3, 0.4) is 0 Å². The number of nitrogens with zero attached hydrogens (tertiary/aromatic N) is 3. The minimum Gasteiger partial charge on any atom is -0.357 e. The van der Waals surface area contributed by atoms with Crippen LogP contribution < -0.4 is 4.90 Å². The fourth-order valence-electron chi connectivity index (χ4n) is 2.72. The van der Waals surface area contributed by atoms with E-state index in [0.717, 1.165) is 36.5 Å². The van der Waals surface area contributed by atoms with Gasteiger partial charge in [0, 0.05) is 39.3 Å². The molecule has 0 bridgehead atoms. The van der Waals surface area contributed by atoms with Crippen LogP contribution in [0.2, 0.25) is 0 Å². The number of hydrogen-bond donors (Lipinski definition) is 0. The number of aromatic nitrogens is 1. The van der Waals surface area contributed by atoms with Gasteiger partial charge in [0.25, 0.3) is 0 Å². The maximum Gasteiger partial charge on any atom is 0.222 e. The van der Waals surface area contributed by atoms with Crippen molar-refractivity contribution in [3.63, 3.8) is 0 Å². The Morgan fingerprint density at radius 1 is 1.04 bits per heavy atom. The molecular weight excluding hydrogens is 298 g/mol. The summed E-state index contributed by atoms with van der Waals surface area (Å²) in [5, 5.41) is 0. The fourth-order valence-corrected chi connectivity index (χ4v) is 2.72. The standard InChI is InChI=1S/C20H27N3O/c1-4-23(5-2)19-15-17(13-14-21-19)11-12-20(24)22(3)16-18-9-7-6-8-10-18/h6-10,13-15H,4-5,11-12,16H2,1-3H3. The van der Waals surface area contributed by atoms with Gasteiger partial charge in [0.05, 0.1) is 0 Å². The van der Waals surface area contributed by atoms with Crippen molar-refractivity contribution in [2.45, 2.75) is 33.2 Å². The van der Waals surface area contributed by atoms with Crippen LogP contribution in [0.15, 0.2) is 48.7 Å². The Bertz CT molecular complexity index is 638. The van der Waals surface area contributed by atoms with Gasteiger partial charge in [0.1, 0.15) is 5.82 Å². The molecule has 1 aromatic carbocycles. The van der Waals surface area contributed by atoms with E-state index in [1.807, 2.05) is 49.6 Å². The minimum absolute atomic E-state index is 0.167. The van der Waals surface area contributed by atoms with Crippen molar-refractivity contribution in [3.8, 4) is 0 Å². The average Bonchev–Trinajstić information content (AvgIpc) is 2.62. The molecule has 2 aromatic rings. The maximum absolute atomic E-state index is 12.4. The van der Waals surface area contributed by atoms with E-state index in [1.54, 1.807) is 4.90 Å². The molecule has 2 rings (SSSR count). The number of amides is 1. The molecule has 0 radical (unpaired) electrons. The van der Waals surface area contributed by atoms with Gasteiger partial charge in [-0.25, -0.2) is 4.98 Å². The van der Waals surface area contributed by atoms with Gasteiger partial charge in [-0.2, -0.15) is 0 Å². The van der Waals surface area contributed by atoms with Gasteiger partial charge in [0.15, 0.2) is 0 Å². The second kappa shape index (κ2) is 9.06. The van der Waals surface area contributed by atoms with Crippen LogP contribution in [-0.4, -0.2) is 35.9 Å². The van der Waals surface area contributed by atoms with E-state index in [0.29, 0.717) is 13.0 Å². The second-order valence-corrected chi connectivity index (χ2v) is 5.93. The van der Waals surface area contributed by atoms with Crippen LogP contribution in [0.5, 0.6) is 0 Å². The Kier molecular flexibility index (Phi) is 6.79. The molecule has 1 amide bonds. The van der Waals surface area contributed by atoms with Crippen LogP contribution in [0.4, 0.5) is 5.82 Å². The van der Waals surface area contributed by atoms with E-state index in [9.17, 15) is 4.79 Å². The molecule has 0 saturated heterocycles. The molecule has 1 heterocycles. The van der Waals surface area contributed by atoms with E-state index >= 15 is 0 Å². The SMILES string of the molecule is CCN(CC)c1cc(CCC(=O)N(C)Cc2ccccc2)ccn1. The van der Waals surface area contributed by atoms with Gasteiger partial charge in [0.2, 0.25) is 5.91 Å². The molecule has 1 aromatic heterocycles. The molecule has 0 aliphatic rings. The number of pyridine rings is 1. The molecule has 0 atom stereocenters. The highest BCUT2D eigenvalue weighted by Gasteiger charge is 2.10. The van der Waals surface area contributed by atoms with E-state index in [-0.39, 0.29) is 5.91 Å². The summed E-state index contributed by atoms with van der Waals surface area (Å²) in [5.41, 5.74) is 2.31. The van der Waals surface area contributed by atoms with Crippen LogP contribution in [0.1, 0.15) is 31.4 Å². The molecule has 0 N–H and O–H groups in total. The molecule has 0 spiro atoms. The summed E-state index contributed by atoms with van der Waals surface area (Å²) in [6.45, 7) is 6.78. The van der Waals surface area contributed by atoms with Crippen molar-refractivity contribution in [1.82, 2.24) is 9.88 Å². The Morgan fingerprint density at radius 2 is 1.75 bits per heavy atom. The highest BCUT2D eigenvalue weighted by Crippen LogP contribution is 2.14. The van der Waals surface area contributed by atoms with Gasteiger partial charge >= 0.3 is 0 Å². The first-order chi connectivity index (χ1) is 11.6. The molecule has 0 aliphatic heterocycles. The van der Waals surface area contributed by atoms with Crippen LogP contribution >= 0.6 is 0 Å². The number of aryl methyl sites for hydroxylation is 1. The molecule has 4 heteroatoms. The van der Waals surface area contributed by atoms with E-state index < -0.39 is 0 Å². The third-order valence-corrected chi connectivity index (χ3v) is 4.21. The summed E-state index contributed by atoms with van der Waals surface area (Å²) in [6.07, 6.45) is 3.10. The zero-order valence-corrected chi connectivity index (χ0v) is 14.9. The average molecular weight is 325 g/mol. The Morgan fingerprint density at radius 3 is 2.42 bits per heavy atom. The highest BCUT2D eigenvalue weighted by atomic mass is 16.2. The molecule has 0 unspecified atom stereocenters. The zero-order valence-electron chi connectivity index (χ0n) is 14.9. The highest BCUT2D eigenvalue weighted by molar-refractivity contribution is 5.76. The Labute approximate surface area is 145 Å². The van der Waals surface area contributed by atoms with E-state index in [1.165, 1.54) is 0 Å². The van der Waals surface area contributed by atoms with E-state index in [4.69, 9.17) is 0 Å². The smallest absolute Gasteiger partial charge is 0.222 e. The lowest BCUT2D eigenvalue weighted by atomic mass is 10.1. The van der Waals surface area contributed by atoms with Crippen LogP contribution in [0.25, 0.3) is 0 Å². The van der Waals surface area contributed by atoms with Crippen molar-refractivity contribution in [3.05, 3.63) is 59.8 Å². The number of benzene rings is 1. The second-order valence-electron chi connectivity index (χ2n) is 5.93. The maximum atomic E-state index is 12.4. The summed E-state index contributed by atoms with van der Waals surface area (Å²) in [5.74, 6) is 1.16. The fraction of sp³-hybridized carbons (Fsp3) is 0.400. The predicted octanol–water partition coefficient (Wildman–Crippen LogP) is 3.52. The monoisotopic (exact) mass is 325 g/mol. The number of carbonyl (C=O) groups excluding carboxylic acids is 1. The summed E-state index contributed by atoms with van der Waals surface area (Å²) >= 11 is 0.